The first-order valence-corrected chi connectivity index (χ1v) is 14.3. The molecule has 1 saturated heterocycles. The Labute approximate surface area is 234 Å². The molecule has 6 rings (SSSR count). The lowest BCUT2D eigenvalue weighted by Gasteiger charge is -2.36. The normalized spacial score (nSPS) is 20.6. The fraction of sp³-hybridized carbons (Fsp3) is 0.500. The number of likely N-dealkylation sites (tertiary alicyclic amines) is 1. The van der Waals surface area contributed by atoms with Crippen LogP contribution in [0.3, 0.4) is 0 Å². The minimum absolute atomic E-state index is 0.00679. The zero-order valence-electron chi connectivity index (χ0n) is 23.8. The molecule has 1 aliphatic heterocycles. The molecule has 2 atom stereocenters. The lowest BCUT2D eigenvalue weighted by molar-refractivity contribution is 0.0945. The number of hydrogen-bond acceptors (Lipinski definition) is 7. The second-order valence-corrected chi connectivity index (χ2v) is 11.5. The number of nitrogens with zero attached hydrogens (tertiary/aromatic N) is 5. The van der Waals surface area contributed by atoms with Crippen molar-refractivity contribution in [3.05, 3.63) is 54.2 Å². The minimum atomic E-state index is -0.173. The third kappa shape index (κ3) is 5.01. The van der Waals surface area contributed by atoms with Crippen LogP contribution in [-0.2, 0) is 23.4 Å². The third-order valence-corrected chi connectivity index (χ3v) is 8.55. The minimum Gasteiger partial charge on any atom is -0.382 e. The molecule has 0 spiro atoms. The van der Waals surface area contributed by atoms with Crippen molar-refractivity contribution in [3.8, 4) is 11.5 Å². The topological polar surface area (TPSA) is 102 Å². The van der Waals surface area contributed by atoms with E-state index in [9.17, 15) is 4.79 Å². The molecular formula is C30H39N7O3. The maximum atomic E-state index is 12.8. The van der Waals surface area contributed by atoms with Gasteiger partial charge in [0, 0.05) is 49.7 Å². The second-order valence-electron chi connectivity index (χ2n) is 11.5. The number of anilines is 1. The molecular weight excluding hydrogens is 506 g/mol. The van der Waals surface area contributed by atoms with Gasteiger partial charge in [-0.05, 0) is 70.0 Å². The Hall–Kier alpha value is -3.63. The van der Waals surface area contributed by atoms with Crippen LogP contribution in [0.25, 0.3) is 22.4 Å². The highest BCUT2D eigenvalue weighted by Gasteiger charge is 2.44. The van der Waals surface area contributed by atoms with Crippen LogP contribution in [0.4, 0.5) is 5.69 Å². The van der Waals surface area contributed by atoms with Gasteiger partial charge in [-0.2, -0.15) is 4.98 Å². The molecule has 2 aliphatic rings. The van der Waals surface area contributed by atoms with Crippen LogP contribution in [0.1, 0.15) is 49.4 Å². The Balaban J connectivity index is 1.17. The fourth-order valence-corrected chi connectivity index (χ4v) is 6.11. The van der Waals surface area contributed by atoms with E-state index in [1.54, 1.807) is 7.11 Å². The van der Waals surface area contributed by atoms with E-state index in [2.05, 4.69) is 80.0 Å². The van der Waals surface area contributed by atoms with Crippen molar-refractivity contribution in [3.63, 3.8) is 0 Å². The van der Waals surface area contributed by atoms with Crippen LogP contribution in [0.2, 0.25) is 0 Å². The van der Waals surface area contributed by atoms with Crippen LogP contribution in [0, 0.1) is 5.92 Å². The van der Waals surface area contributed by atoms with Crippen molar-refractivity contribution in [1.29, 1.82) is 0 Å². The summed E-state index contributed by atoms with van der Waals surface area (Å²) in [7, 11) is 3.90. The smallest absolute Gasteiger partial charge is 0.253 e. The average molecular weight is 546 g/mol. The quantitative estimate of drug-likeness (QED) is 0.306. The zero-order valence-corrected chi connectivity index (χ0v) is 23.8. The molecule has 40 heavy (non-hydrogen) atoms. The second kappa shape index (κ2) is 10.7. The SMILES string of the molecule is CCn1c(-c2noc(CNC(=O)c3ccn(C4(COC)CC4)c3)n2)cc2c(N[C@@H]3CCN(C)C[C@@H]3C)cccc21. The first kappa shape index (κ1) is 26.6. The number of amides is 1. The summed E-state index contributed by atoms with van der Waals surface area (Å²) >= 11 is 0. The van der Waals surface area contributed by atoms with Crippen molar-refractivity contribution >= 4 is 22.5 Å². The molecule has 212 valence electrons. The van der Waals surface area contributed by atoms with Gasteiger partial charge in [-0.1, -0.05) is 18.1 Å². The van der Waals surface area contributed by atoms with E-state index in [1.165, 1.54) is 0 Å². The number of benzene rings is 1. The summed E-state index contributed by atoms with van der Waals surface area (Å²) in [4.78, 5) is 19.8. The maximum Gasteiger partial charge on any atom is 0.253 e. The van der Waals surface area contributed by atoms with E-state index >= 15 is 0 Å². The largest absolute Gasteiger partial charge is 0.382 e. The molecule has 1 aliphatic carbocycles. The summed E-state index contributed by atoms with van der Waals surface area (Å²) in [6.45, 7) is 8.21. The predicted octanol–water partition coefficient (Wildman–Crippen LogP) is 4.33. The standard InChI is InChI=1S/C30H39N7O3/c1-5-37-25-8-6-7-24(32-23-10-13-35(3)17-20(23)2)22(25)15-26(37)28-33-27(40-34-28)16-31-29(38)21-9-14-36(18-21)30(11-12-30)19-39-4/h6-9,14-15,18,20,23,32H,5,10-13,16-17,19H2,1-4H3,(H,31,38)/t20-,23+/m0/s1. The monoisotopic (exact) mass is 545 g/mol. The Morgan fingerprint density at radius 1 is 1.27 bits per heavy atom. The molecule has 0 radical (unpaired) electrons. The van der Waals surface area contributed by atoms with Gasteiger partial charge in [-0.25, -0.2) is 0 Å². The molecule has 1 amide bonds. The summed E-state index contributed by atoms with van der Waals surface area (Å²) in [5, 5.41) is 12.2. The Morgan fingerprint density at radius 3 is 2.88 bits per heavy atom. The number of carbonyl (C=O) groups excluding carboxylic acids is 1. The number of nitrogens with one attached hydrogen (secondary N) is 2. The van der Waals surface area contributed by atoms with E-state index in [4.69, 9.17) is 9.26 Å². The molecule has 1 saturated carbocycles. The van der Waals surface area contributed by atoms with Gasteiger partial charge >= 0.3 is 0 Å². The average Bonchev–Trinajstić information content (AvgIpc) is 3.31. The van der Waals surface area contributed by atoms with Gasteiger partial charge in [0.15, 0.2) is 0 Å². The van der Waals surface area contributed by atoms with Crippen molar-refractivity contribution in [2.75, 3.05) is 39.2 Å². The first-order chi connectivity index (χ1) is 19.4. The summed E-state index contributed by atoms with van der Waals surface area (Å²) < 4.78 is 15.2. The molecule has 0 unspecified atom stereocenters. The maximum absolute atomic E-state index is 12.8. The lowest BCUT2D eigenvalue weighted by atomic mass is 9.94. The number of aryl methyl sites for hydroxylation is 1. The van der Waals surface area contributed by atoms with E-state index in [-0.39, 0.29) is 18.0 Å². The van der Waals surface area contributed by atoms with E-state index in [0.717, 1.165) is 61.2 Å². The van der Waals surface area contributed by atoms with Gasteiger partial charge in [-0.3, -0.25) is 4.79 Å². The molecule has 10 nitrogen and oxygen atoms in total. The molecule has 3 aromatic heterocycles. The van der Waals surface area contributed by atoms with Crippen molar-refractivity contribution in [2.45, 2.75) is 57.8 Å². The zero-order chi connectivity index (χ0) is 27.9. The third-order valence-electron chi connectivity index (χ3n) is 8.55. The molecule has 1 aromatic carbocycles. The number of carbonyl (C=O) groups is 1. The van der Waals surface area contributed by atoms with Crippen LogP contribution in [0.5, 0.6) is 0 Å². The summed E-state index contributed by atoms with van der Waals surface area (Å²) in [6.07, 6.45) is 7.08. The summed E-state index contributed by atoms with van der Waals surface area (Å²) in [5.74, 6) is 1.28. The van der Waals surface area contributed by atoms with E-state index in [1.807, 2.05) is 18.5 Å². The van der Waals surface area contributed by atoms with Gasteiger partial charge in [0.05, 0.1) is 35.5 Å². The van der Waals surface area contributed by atoms with E-state index < -0.39 is 0 Å². The lowest BCUT2D eigenvalue weighted by Crippen LogP contribution is -2.43. The number of rotatable bonds is 10. The van der Waals surface area contributed by atoms with E-state index in [0.29, 0.717) is 35.8 Å². The van der Waals surface area contributed by atoms with Gasteiger partial charge in [0.1, 0.15) is 0 Å². The molecule has 4 heterocycles. The number of methoxy groups -OCH3 is 1. The number of aromatic nitrogens is 4. The fourth-order valence-electron chi connectivity index (χ4n) is 6.11. The number of fused-ring (bicyclic) bond motifs is 1. The molecule has 0 bridgehead atoms. The van der Waals surface area contributed by atoms with Crippen molar-refractivity contribution < 1.29 is 14.1 Å². The van der Waals surface area contributed by atoms with Crippen LogP contribution in [-0.4, -0.2) is 70.0 Å². The van der Waals surface area contributed by atoms with Crippen LogP contribution >= 0.6 is 0 Å². The Morgan fingerprint density at radius 2 is 2.12 bits per heavy atom. The number of hydrogen-bond donors (Lipinski definition) is 2. The van der Waals surface area contributed by atoms with Gasteiger partial charge in [-0.15, -0.1) is 0 Å². The Kier molecular flexibility index (Phi) is 7.14. The highest BCUT2D eigenvalue weighted by atomic mass is 16.5. The first-order valence-electron chi connectivity index (χ1n) is 14.3. The molecule has 10 heteroatoms. The molecule has 2 N–H and O–H groups in total. The van der Waals surface area contributed by atoms with Crippen molar-refractivity contribution in [2.24, 2.45) is 5.92 Å². The van der Waals surface area contributed by atoms with Crippen molar-refractivity contribution in [1.82, 2.24) is 29.5 Å². The number of piperidine rings is 1. The van der Waals surface area contributed by atoms with Gasteiger partial charge < -0.3 is 33.9 Å². The highest BCUT2D eigenvalue weighted by molar-refractivity contribution is 5.96. The predicted molar refractivity (Wildman–Crippen MR) is 154 cm³/mol. The van der Waals surface area contributed by atoms with Crippen LogP contribution < -0.4 is 10.6 Å². The number of ether oxygens (including phenoxy) is 1. The molecule has 4 aromatic rings. The Bertz CT molecular complexity index is 1500. The van der Waals surface area contributed by atoms with Gasteiger partial charge in [0.25, 0.3) is 5.91 Å². The summed E-state index contributed by atoms with van der Waals surface area (Å²) in [5.41, 5.74) is 3.76. The highest BCUT2D eigenvalue weighted by Crippen LogP contribution is 2.44. The van der Waals surface area contributed by atoms with Crippen LogP contribution in [0.15, 0.2) is 47.2 Å². The van der Waals surface area contributed by atoms with Gasteiger partial charge in [0.2, 0.25) is 11.7 Å². The summed E-state index contributed by atoms with van der Waals surface area (Å²) in [6, 6.07) is 10.8. The molecule has 2 fully saturated rings.